The summed E-state index contributed by atoms with van der Waals surface area (Å²) < 4.78 is 0. The minimum absolute atomic E-state index is 0.0161. The monoisotopic (exact) mass is 298 g/mol. The number of nitrogens with one attached hydrogen (secondary N) is 1. The Morgan fingerprint density at radius 3 is 2.64 bits per heavy atom. The van der Waals surface area contributed by atoms with Crippen LogP contribution in [-0.2, 0) is 22.6 Å². The lowest BCUT2D eigenvalue weighted by atomic mass is 9.89. The average molecular weight is 298 g/mol. The topological polar surface area (TPSA) is 49.4 Å². The van der Waals surface area contributed by atoms with Crippen LogP contribution in [-0.4, -0.2) is 29.8 Å². The number of hydrogen-bond donors (Lipinski definition) is 1. The van der Waals surface area contributed by atoms with E-state index in [4.69, 9.17) is 0 Å². The maximum atomic E-state index is 12.9. The van der Waals surface area contributed by atoms with Crippen LogP contribution in [0.3, 0.4) is 0 Å². The molecule has 1 aromatic rings. The van der Waals surface area contributed by atoms with E-state index < -0.39 is 6.04 Å². The van der Waals surface area contributed by atoms with E-state index in [0.29, 0.717) is 13.0 Å². The summed E-state index contributed by atoms with van der Waals surface area (Å²) in [6, 6.07) is 7.69. The first-order valence-corrected chi connectivity index (χ1v) is 7.94. The Kier molecular flexibility index (Phi) is 4.27. The van der Waals surface area contributed by atoms with Gasteiger partial charge in [0, 0.05) is 25.9 Å². The predicted octanol–water partition coefficient (Wildman–Crippen LogP) is 2.04. The largest absolute Gasteiger partial charge is 0.357 e. The van der Waals surface area contributed by atoms with Gasteiger partial charge in [0.15, 0.2) is 0 Å². The van der Waals surface area contributed by atoms with E-state index in [9.17, 15) is 9.59 Å². The number of carbonyl (C=O) groups is 2. The molecule has 2 aliphatic rings. The van der Waals surface area contributed by atoms with E-state index >= 15 is 0 Å². The SMILES string of the molecule is CNC(=O)C1Cc2ccccc2CN1C(=O)C1CC=CCC1. The Morgan fingerprint density at radius 2 is 1.95 bits per heavy atom. The average Bonchev–Trinajstić information content (AvgIpc) is 2.60. The molecule has 1 heterocycles. The second kappa shape index (κ2) is 6.34. The first-order valence-electron chi connectivity index (χ1n) is 7.94. The standard InChI is InChI=1S/C18H22N2O2/c1-19-17(21)16-11-14-9-5-6-10-15(14)12-20(16)18(22)13-7-3-2-4-8-13/h2-3,5-6,9-10,13,16H,4,7-8,11-12H2,1H3,(H,19,21). The van der Waals surface area contributed by atoms with E-state index in [-0.39, 0.29) is 17.7 Å². The van der Waals surface area contributed by atoms with Crippen LogP contribution >= 0.6 is 0 Å². The van der Waals surface area contributed by atoms with Crippen molar-refractivity contribution in [2.45, 2.75) is 38.3 Å². The van der Waals surface area contributed by atoms with Crippen LogP contribution in [0.15, 0.2) is 36.4 Å². The maximum Gasteiger partial charge on any atom is 0.242 e. The molecule has 0 radical (unpaired) electrons. The molecule has 1 aliphatic carbocycles. The highest BCUT2D eigenvalue weighted by atomic mass is 16.2. The Labute approximate surface area is 131 Å². The van der Waals surface area contributed by atoms with Crippen LogP contribution in [0.5, 0.6) is 0 Å². The fraction of sp³-hybridized carbons (Fsp3) is 0.444. The summed E-state index contributed by atoms with van der Waals surface area (Å²) in [6.07, 6.45) is 7.44. The zero-order valence-corrected chi connectivity index (χ0v) is 12.9. The van der Waals surface area contributed by atoms with Gasteiger partial charge in [0.2, 0.25) is 11.8 Å². The number of likely N-dealkylation sites (N-methyl/N-ethyl adjacent to an activating group) is 1. The molecular formula is C18H22N2O2. The van der Waals surface area contributed by atoms with Gasteiger partial charge in [0.05, 0.1) is 0 Å². The number of amides is 2. The fourth-order valence-corrected chi connectivity index (χ4v) is 3.41. The van der Waals surface area contributed by atoms with Gasteiger partial charge in [-0.25, -0.2) is 0 Å². The molecule has 1 aromatic carbocycles. The highest BCUT2D eigenvalue weighted by Gasteiger charge is 2.36. The lowest BCUT2D eigenvalue weighted by Crippen LogP contribution is -2.53. The Morgan fingerprint density at radius 1 is 1.18 bits per heavy atom. The van der Waals surface area contributed by atoms with Crippen molar-refractivity contribution < 1.29 is 9.59 Å². The number of fused-ring (bicyclic) bond motifs is 1. The number of benzene rings is 1. The Hall–Kier alpha value is -2.10. The van der Waals surface area contributed by atoms with Gasteiger partial charge in [-0.05, 0) is 30.4 Å². The van der Waals surface area contributed by atoms with Crippen molar-refractivity contribution in [3.8, 4) is 0 Å². The van der Waals surface area contributed by atoms with Crippen LogP contribution in [0.25, 0.3) is 0 Å². The minimum Gasteiger partial charge on any atom is -0.357 e. The predicted molar refractivity (Wildman–Crippen MR) is 85.0 cm³/mol. The van der Waals surface area contributed by atoms with Crippen molar-refractivity contribution in [3.63, 3.8) is 0 Å². The van der Waals surface area contributed by atoms with E-state index in [1.54, 1.807) is 11.9 Å². The van der Waals surface area contributed by atoms with Gasteiger partial charge in [-0.15, -0.1) is 0 Å². The third kappa shape index (κ3) is 2.78. The van der Waals surface area contributed by atoms with Crippen LogP contribution in [0.1, 0.15) is 30.4 Å². The van der Waals surface area contributed by atoms with Crippen LogP contribution in [0.4, 0.5) is 0 Å². The minimum atomic E-state index is -0.390. The quantitative estimate of drug-likeness (QED) is 0.850. The van der Waals surface area contributed by atoms with Gasteiger partial charge in [-0.3, -0.25) is 9.59 Å². The summed E-state index contributed by atoms with van der Waals surface area (Å²) in [5.41, 5.74) is 2.33. The lowest BCUT2D eigenvalue weighted by Gasteiger charge is -2.38. The first-order chi connectivity index (χ1) is 10.7. The van der Waals surface area contributed by atoms with E-state index in [1.807, 2.05) is 12.1 Å². The summed E-state index contributed by atoms with van der Waals surface area (Å²) in [4.78, 5) is 26.9. The molecule has 2 amide bonds. The molecule has 2 unspecified atom stereocenters. The normalized spacial score (nSPS) is 23.8. The molecule has 0 fully saturated rings. The summed E-state index contributed by atoms with van der Waals surface area (Å²) in [5, 5.41) is 2.71. The zero-order valence-electron chi connectivity index (χ0n) is 12.9. The maximum absolute atomic E-state index is 12.9. The van der Waals surface area contributed by atoms with Gasteiger partial charge >= 0.3 is 0 Å². The number of allylic oxidation sites excluding steroid dienone is 2. The van der Waals surface area contributed by atoms with Gasteiger partial charge in [-0.2, -0.15) is 0 Å². The molecule has 2 atom stereocenters. The fourth-order valence-electron chi connectivity index (χ4n) is 3.41. The molecule has 1 aliphatic heterocycles. The van der Waals surface area contributed by atoms with Gasteiger partial charge in [0.25, 0.3) is 0 Å². The number of nitrogens with zero attached hydrogens (tertiary/aromatic N) is 1. The zero-order chi connectivity index (χ0) is 15.5. The lowest BCUT2D eigenvalue weighted by molar-refractivity contribution is -0.145. The first kappa shape index (κ1) is 14.8. The van der Waals surface area contributed by atoms with Crippen molar-refractivity contribution in [1.29, 1.82) is 0 Å². The molecule has 0 saturated heterocycles. The van der Waals surface area contributed by atoms with E-state index in [0.717, 1.165) is 24.8 Å². The summed E-state index contributed by atoms with van der Waals surface area (Å²) >= 11 is 0. The molecule has 3 rings (SSSR count). The number of carbonyl (C=O) groups excluding carboxylic acids is 2. The molecule has 4 heteroatoms. The second-order valence-electron chi connectivity index (χ2n) is 6.05. The van der Waals surface area contributed by atoms with Crippen molar-refractivity contribution >= 4 is 11.8 Å². The molecule has 116 valence electrons. The van der Waals surface area contributed by atoms with E-state index in [1.165, 1.54) is 5.56 Å². The number of hydrogen-bond acceptors (Lipinski definition) is 2. The second-order valence-corrected chi connectivity index (χ2v) is 6.05. The van der Waals surface area contributed by atoms with Crippen LogP contribution in [0.2, 0.25) is 0 Å². The van der Waals surface area contributed by atoms with Crippen LogP contribution in [0, 0.1) is 5.92 Å². The van der Waals surface area contributed by atoms with Crippen molar-refractivity contribution in [2.24, 2.45) is 5.92 Å². The van der Waals surface area contributed by atoms with E-state index in [2.05, 4.69) is 29.6 Å². The van der Waals surface area contributed by atoms with Crippen LogP contribution < -0.4 is 5.32 Å². The molecule has 1 N–H and O–H groups in total. The Balaban J connectivity index is 1.87. The molecule has 0 aromatic heterocycles. The molecule has 4 nitrogen and oxygen atoms in total. The third-order valence-corrected chi connectivity index (χ3v) is 4.70. The summed E-state index contributed by atoms with van der Waals surface area (Å²) in [7, 11) is 1.63. The van der Waals surface area contributed by atoms with Crippen molar-refractivity contribution in [2.75, 3.05) is 7.05 Å². The third-order valence-electron chi connectivity index (χ3n) is 4.70. The van der Waals surface area contributed by atoms with Gasteiger partial charge in [-0.1, -0.05) is 36.4 Å². The molecule has 0 spiro atoms. The molecular weight excluding hydrogens is 276 g/mol. The number of rotatable bonds is 2. The molecule has 22 heavy (non-hydrogen) atoms. The van der Waals surface area contributed by atoms with Gasteiger partial charge in [0.1, 0.15) is 6.04 Å². The Bertz CT molecular complexity index is 609. The highest BCUT2D eigenvalue weighted by molar-refractivity contribution is 5.89. The molecule has 0 bridgehead atoms. The summed E-state index contributed by atoms with van der Waals surface area (Å²) in [6.45, 7) is 0.535. The highest BCUT2D eigenvalue weighted by Crippen LogP contribution is 2.28. The van der Waals surface area contributed by atoms with Gasteiger partial charge < -0.3 is 10.2 Å². The molecule has 0 saturated carbocycles. The van der Waals surface area contributed by atoms with Crippen molar-refractivity contribution in [1.82, 2.24) is 10.2 Å². The van der Waals surface area contributed by atoms with Crippen molar-refractivity contribution in [3.05, 3.63) is 47.5 Å². The smallest absolute Gasteiger partial charge is 0.242 e. The summed E-state index contributed by atoms with van der Waals surface area (Å²) in [5.74, 6) is 0.0593.